The molecule has 0 aliphatic carbocycles. The fourth-order valence-corrected chi connectivity index (χ4v) is 4.01. The van der Waals surface area contributed by atoms with Gasteiger partial charge in [-0.25, -0.2) is 4.98 Å². The van der Waals surface area contributed by atoms with E-state index in [9.17, 15) is 4.79 Å². The molecule has 0 radical (unpaired) electrons. The standard InChI is InChI=1S/C21H18N2O2S/c1-14-11-15(2)19-18(12-14)22-21(26-19)23(13-17-9-6-10-25-17)20(24)16-7-4-3-5-8-16/h3-12H,13H2,1-2H3. The molecule has 0 unspecified atom stereocenters. The van der Waals surface area contributed by atoms with Crippen LogP contribution >= 0.6 is 11.3 Å². The predicted octanol–water partition coefficient (Wildman–Crippen LogP) is 5.35. The molecule has 4 rings (SSSR count). The van der Waals surface area contributed by atoms with Crippen LogP contribution in [0.3, 0.4) is 0 Å². The summed E-state index contributed by atoms with van der Waals surface area (Å²) >= 11 is 1.54. The summed E-state index contributed by atoms with van der Waals surface area (Å²) in [5, 5.41) is 0.680. The third-order valence-corrected chi connectivity index (χ3v) is 5.43. The van der Waals surface area contributed by atoms with Crippen LogP contribution < -0.4 is 4.90 Å². The number of hydrogen-bond donors (Lipinski definition) is 0. The van der Waals surface area contributed by atoms with Gasteiger partial charge in [-0.15, -0.1) is 0 Å². The van der Waals surface area contributed by atoms with E-state index in [-0.39, 0.29) is 5.91 Å². The first-order chi connectivity index (χ1) is 12.6. The fraction of sp³-hybridized carbons (Fsp3) is 0.143. The van der Waals surface area contributed by atoms with Crippen molar-refractivity contribution in [2.24, 2.45) is 0 Å². The molecule has 0 atom stereocenters. The first-order valence-electron chi connectivity index (χ1n) is 8.39. The van der Waals surface area contributed by atoms with E-state index in [0.29, 0.717) is 17.2 Å². The van der Waals surface area contributed by atoms with Gasteiger partial charge in [-0.2, -0.15) is 0 Å². The van der Waals surface area contributed by atoms with Crippen molar-refractivity contribution in [1.29, 1.82) is 0 Å². The number of carbonyl (C=O) groups excluding carboxylic acids is 1. The molecule has 4 nitrogen and oxygen atoms in total. The van der Waals surface area contributed by atoms with Crippen LogP contribution in [0, 0.1) is 13.8 Å². The maximum atomic E-state index is 13.2. The molecule has 1 amide bonds. The number of carbonyl (C=O) groups is 1. The largest absolute Gasteiger partial charge is 0.467 e. The van der Waals surface area contributed by atoms with Gasteiger partial charge in [0.05, 0.1) is 23.0 Å². The zero-order valence-electron chi connectivity index (χ0n) is 14.6. The normalized spacial score (nSPS) is 11.0. The molecule has 0 aliphatic rings. The highest BCUT2D eigenvalue weighted by atomic mass is 32.1. The van der Waals surface area contributed by atoms with Crippen molar-refractivity contribution in [3.63, 3.8) is 0 Å². The van der Waals surface area contributed by atoms with Crippen LogP contribution in [0.25, 0.3) is 10.2 Å². The molecule has 2 heterocycles. The molecule has 0 spiro atoms. The Balaban J connectivity index is 1.80. The van der Waals surface area contributed by atoms with Crippen LogP contribution in [0.1, 0.15) is 27.2 Å². The molecule has 0 bridgehead atoms. The average Bonchev–Trinajstić information content (AvgIpc) is 3.29. The lowest BCUT2D eigenvalue weighted by Crippen LogP contribution is -2.30. The Kier molecular flexibility index (Phi) is 4.31. The van der Waals surface area contributed by atoms with Crippen LogP contribution in [-0.2, 0) is 6.54 Å². The molecule has 26 heavy (non-hydrogen) atoms. The van der Waals surface area contributed by atoms with E-state index < -0.39 is 0 Å². The zero-order chi connectivity index (χ0) is 18.1. The Morgan fingerprint density at radius 3 is 2.65 bits per heavy atom. The summed E-state index contributed by atoms with van der Waals surface area (Å²) in [5.74, 6) is 0.636. The first kappa shape index (κ1) is 16.5. The lowest BCUT2D eigenvalue weighted by Gasteiger charge is -2.18. The highest BCUT2D eigenvalue weighted by Gasteiger charge is 2.23. The number of fused-ring (bicyclic) bond motifs is 1. The molecule has 0 N–H and O–H groups in total. The lowest BCUT2D eigenvalue weighted by molar-refractivity contribution is 0.0983. The van der Waals surface area contributed by atoms with Gasteiger partial charge in [-0.05, 0) is 55.3 Å². The van der Waals surface area contributed by atoms with Crippen molar-refractivity contribution in [3.05, 3.63) is 83.3 Å². The van der Waals surface area contributed by atoms with Crippen molar-refractivity contribution in [2.75, 3.05) is 4.90 Å². The number of aryl methyl sites for hydroxylation is 2. The number of anilines is 1. The first-order valence-corrected chi connectivity index (χ1v) is 9.20. The van der Waals surface area contributed by atoms with E-state index in [1.165, 1.54) is 22.5 Å². The number of thiazole rings is 1. The second-order valence-electron chi connectivity index (χ2n) is 6.26. The van der Waals surface area contributed by atoms with Crippen LogP contribution in [0.5, 0.6) is 0 Å². The quantitative estimate of drug-likeness (QED) is 0.491. The molecule has 2 aromatic carbocycles. The van der Waals surface area contributed by atoms with Crippen LogP contribution in [0.4, 0.5) is 5.13 Å². The van der Waals surface area contributed by atoms with E-state index in [2.05, 4.69) is 26.0 Å². The Morgan fingerprint density at radius 1 is 1.12 bits per heavy atom. The summed E-state index contributed by atoms with van der Waals surface area (Å²) in [6, 6.07) is 17.2. The lowest BCUT2D eigenvalue weighted by atomic mass is 10.1. The van der Waals surface area contributed by atoms with Gasteiger partial charge in [0.2, 0.25) is 0 Å². The van der Waals surface area contributed by atoms with Crippen LogP contribution in [0.15, 0.2) is 65.3 Å². The van der Waals surface area contributed by atoms with Crippen molar-refractivity contribution in [3.8, 4) is 0 Å². The Hall–Kier alpha value is -2.92. The summed E-state index contributed by atoms with van der Waals surface area (Å²) in [5.41, 5.74) is 3.90. The van der Waals surface area contributed by atoms with Gasteiger partial charge in [0.25, 0.3) is 5.91 Å². The fourth-order valence-electron chi connectivity index (χ4n) is 3.00. The molecular formula is C21H18N2O2S. The van der Waals surface area contributed by atoms with E-state index >= 15 is 0 Å². The van der Waals surface area contributed by atoms with Gasteiger partial charge < -0.3 is 4.42 Å². The Morgan fingerprint density at radius 2 is 1.92 bits per heavy atom. The summed E-state index contributed by atoms with van der Waals surface area (Å²) in [6.07, 6.45) is 1.62. The molecule has 2 aromatic heterocycles. The summed E-state index contributed by atoms with van der Waals surface area (Å²) < 4.78 is 6.58. The van der Waals surface area contributed by atoms with E-state index in [4.69, 9.17) is 9.40 Å². The minimum Gasteiger partial charge on any atom is -0.467 e. The molecule has 5 heteroatoms. The SMILES string of the molecule is Cc1cc(C)c2sc(N(Cc3ccco3)C(=O)c3ccccc3)nc2c1. The smallest absolute Gasteiger partial charge is 0.260 e. The highest BCUT2D eigenvalue weighted by Crippen LogP contribution is 2.33. The van der Waals surface area contributed by atoms with Crippen molar-refractivity contribution in [1.82, 2.24) is 4.98 Å². The molecular weight excluding hydrogens is 344 g/mol. The highest BCUT2D eigenvalue weighted by molar-refractivity contribution is 7.22. The minimum absolute atomic E-state index is 0.0876. The molecule has 4 aromatic rings. The van der Waals surface area contributed by atoms with Crippen molar-refractivity contribution < 1.29 is 9.21 Å². The maximum Gasteiger partial charge on any atom is 0.260 e. The van der Waals surface area contributed by atoms with Crippen molar-refractivity contribution in [2.45, 2.75) is 20.4 Å². The third-order valence-electron chi connectivity index (χ3n) is 4.20. The maximum absolute atomic E-state index is 13.2. The third kappa shape index (κ3) is 3.13. The van der Waals surface area contributed by atoms with Gasteiger partial charge >= 0.3 is 0 Å². The van der Waals surface area contributed by atoms with Crippen LogP contribution in [-0.4, -0.2) is 10.9 Å². The van der Waals surface area contributed by atoms with Gasteiger partial charge in [-0.1, -0.05) is 35.6 Å². The second-order valence-corrected chi connectivity index (χ2v) is 7.24. The van der Waals surface area contributed by atoms with Crippen LogP contribution in [0.2, 0.25) is 0 Å². The van der Waals surface area contributed by atoms with E-state index in [0.717, 1.165) is 16.0 Å². The Labute approximate surface area is 155 Å². The van der Waals surface area contributed by atoms with Gasteiger partial charge in [0.1, 0.15) is 5.76 Å². The number of nitrogens with zero attached hydrogens (tertiary/aromatic N) is 2. The summed E-state index contributed by atoms with van der Waals surface area (Å²) in [4.78, 5) is 19.6. The zero-order valence-corrected chi connectivity index (χ0v) is 15.4. The molecule has 0 saturated heterocycles. The monoisotopic (exact) mass is 362 g/mol. The topological polar surface area (TPSA) is 46.3 Å². The molecule has 0 aliphatic heterocycles. The van der Waals surface area contributed by atoms with Gasteiger partial charge in [-0.3, -0.25) is 9.69 Å². The van der Waals surface area contributed by atoms with Gasteiger partial charge in [0, 0.05) is 5.56 Å². The predicted molar refractivity (Wildman–Crippen MR) is 105 cm³/mol. The number of rotatable bonds is 4. The second kappa shape index (κ2) is 6.77. The number of benzene rings is 2. The number of furan rings is 1. The number of amides is 1. The van der Waals surface area contributed by atoms with Crippen molar-refractivity contribution >= 4 is 32.6 Å². The average molecular weight is 362 g/mol. The Bertz CT molecular complexity index is 1050. The summed E-state index contributed by atoms with van der Waals surface area (Å²) in [7, 11) is 0. The molecule has 130 valence electrons. The number of aromatic nitrogens is 1. The minimum atomic E-state index is -0.0876. The molecule has 0 fully saturated rings. The van der Waals surface area contributed by atoms with E-state index in [1.54, 1.807) is 11.2 Å². The summed E-state index contributed by atoms with van der Waals surface area (Å²) in [6.45, 7) is 4.48. The number of hydrogen-bond acceptors (Lipinski definition) is 4. The van der Waals surface area contributed by atoms with Gasteiger partial charge in [0.15, 0.2) is 5.13 Å². The molecule has 0 saturated carbocycles. The van der Waals surface area contributed by atoms with E-state index in [1.807, 2.05) is 42.5 Å².